The smallest absolute Gasteiger partial charge is 0.422 e. The molecule has 0 N–H and O–H groups in total. The first-order chi connectivity index (χ1) is 10.0. The van der Waals surface area contributed by atoms with Gasteiger partial charge in [0.2, 0.25) is 0 Å². The Kier molecular flexibility index (Phi) is 5.69. The van der Waals surface area contributed by atoms with Crippen LogP contribution in [0, 0.1) is 0 Å². The highest BCUT2D eigenvalue weighted by molar-refractivity contribution is 7.91. The van der Waals surface area contributed by atoms with Crippen LogP contribution in [0.3, 0.4) is 0 Å². The van der Waals surface area contributed by atoms with Crippen molar-refractivity contribution >= 4 is 27.4 Å². The first-order valence-electron chi connectivity index (χ1n) is 5.86. The van der Waals surface area contributed by atoms with Crippen LogP contribution < -0.4 is 4.74 Å². The van der Waals surface area contributed by atoms with E-state index in [-0.39, 0.29) is 11.3 Å². The molecule has 0 saturated heterocycles. The second-order valence-corrected chi connectivity index (χ2v) is 6.68. The maximum absolute atomic E-state index is 12.3. The van der Waals surface area contributed by atoms with Gasteiger partial charge in [0, 0.05) is 0 Å². The van der Waals surface area contributed by atoms with Crippen molar-refractivity contribution in [1.82, 2.24) is 0 Å². The molecule has 22 heavy (non-hydrogen) atoms. The van der Waals surface area contributed by atoms with E-state index in [0.717, 1.165) is 19.2 Å². The van der Waals surface area contributed by atoms with E-state index in [0.29, 0.717) is 0 Å². The summed E-state index contributed by atoms with van der Waals surface area (Å²) >= 11 is 5.82. The summed E-state index contributed by atoms with van der Waals surface area (Å²) in [5.41, 5.74) is -0.295. The number of esters is 1. The third kappa shape index (κ3) is 4.26. The predicted molar refractivity (Wildman–Crippen MR) is 72.1 cm³/mol. The fourth-order valence-corrected chi connectivity index (χ4v) is 2.88. The van der Waals surface area contributed by atoms with Crippen LogP contribution in [-0.2, 0) is 14.6 Å². The van der Waals surface area contributed by atoms with Gasteiger partial charge in [0.15, 0.2) is 22.2 Å². The molecule has 0 aliphatic carbocycles. The Morgan fingerprint density at radius 2 is 1.91 bits per heavy atom. The molecule has 0 radical (unpaired) electrons. The first-order valence-corrected chi connectivity index (χ1v) is 7.89. The van der Waals surface area contributed by atoms with Gasteiger partial charge in [-0.2, -0.15) is 13.2 Å². The summed E-state index contributed by atoms with van der Waals surface area (Å²) in [7, 11) is -2.85. The monoisotopic (exact) mass is 360 g/mol. The molecule has 5 nitrogen and oxygen atoms in total. The number of benzene rings is 1. The minimum Gasteiger partial charge on any atom is -0.481 e. The molecule has 0 spiro atoms. The van der Waals surface area contributed by atoms with Crippen molar-refractivity contribution in [3.8, 4) is 5.75 Å². The van der Waals surface area contributed by atoms with Gasteiger partial charge in [0.25, 0.3) is 0 Å². The minimum atomic E-state index is -4.70. The zero-order valence-electron chi connectivity index (χ0n) is 11.5. The number of carbonyl (C=O) groups excluding carboxylic acids is 1. The zero-order chi connectivity index (χ0) is 17.1. The Bertz CT molecular complexity index is 670. The van der Waals surface area contributed by atoms with Gasteiger partial charge in [0.05, 0.1) is 23.4 Å². The molecule has 0 bridgehead atoms. The largest absolute Gasteiger partial charge is 0.481 e. The van der Waals surface area contributed by atoms with Crippen LogP contribution in [0.25, 0.3) is 0 Å². The lowest BCUT2D eigenvalue weighted by molar-refractivity contribution is -0.153. The van der Waals surface area contributed by atoms with Crippen molar-refractivity contribution in [2.24, 2.45) is 0 Å². The Balaban J connectivity index is 3.47. The molecule has 0 atom stereocenters. The number of methoxy groups -OCH3 is 1. The molecule has 1 rings (SSSR count). The molecular formula is C12H12ClF3O5S. The topological polar surface area (TPSA) is 69.7 Å². The van der Waals surface area contributed by atoms with Gasteiger partial charge in [0.1, 0.15) is 4.90 Å². The number of halogens is 4. The second kappa shape index (κ2) is 6.74. The molecule has 0 saturated carbocycles. The van der Waals surface area contributed by atoms with Crippen molar-refractivity contribution < 1.29 is 35.9 Å². The number of sulfone groups is 1. The molecule has 0 fully saturated rings. The lowest BCUT2D eigenvalue weighted by Crippen LogP contribution is -2.21. The second-order valence-electron chi connectivity index (χ2n) is 4.05. The van der Waals surface area contributed by atoms with Crippen molar-refractivity contribution in [3.63, 3.8) is 0 Å². The molecule has 0 aliphatic heterocycles. The maximum atomic E-state index is 12.3. The van der Waals surface area contributed by atoms with Gasteiger partial charge in [-0.3, -0.25) is 0 Å². The molecule has 10 heteroatoms. The highest BCUT2D eigenvalue weighted by atomic mass is 35.5. The lowest BCUT2D eigenvalue weighted by Gasteiger charge is -2.16. The number of rotatable bonds is 5. The van der Waals surface area contributed by atoms with E-state index in [1.165, 1.54) is 6.92 Å². The maximum Gasteiger partial charge on any atom is 0.422 e. The van der Waals surface area contributed by atoms with Crippen LogP contribution in [0.4, 0.5) is 13.2 Å². The van der Waals surface area contributed by atoms with Gasteiger partial charge in [-0.15, -0.1) is 0 Å². The number of carbonyl (C=O) groups is 1. The summed E-state index contributed by atoms with van der Waals surface area (Å²) in [6, 6.07) is 2.01. The van der Waals surface area contributed by atoms with Crippen LogP contribution >= 0.6 is 11.6 Å². The SMILES string of the molecule is CCS(=O)(=O)c1ccc(C(=O)OC)c(Cl)c1OCC(F)(F)F. The van der Waals surface area contributed by atoms with Crippen LogP contribution in [0.5, 0.6) is 5.75 Å². The van der Waals surface area contributed by atoms with Crippen molar-refractivity contribution in [3.05, 3.63) is 22.7 Å². The predicted octanol–water partition coefficient (Wildman–Crippen LogP) is 2.86. The molecular weight excluding hydrogens is 349 g/mol. The van der Waals surface area contributed by atoms with Gasteiger partial charge in [-0.1, -0.05) is 18.5 Å². The Hall–Kier alpha value is -1.48. The van der Waals surface area contributed by atoms with E-state index in [9.17, 15) is 26.4 Å². The molecule has 1 aromatic carbocycles. The van der Waals surface area contributed by atoms with Crippen LogP contribution in [0.2, 0.25) is 5.02 Å². The first kappa shape index (κ1) is 18.6. The van der Waals surface area contributed by atoms with E-state index in [1.54, 1.807) is 0 Å². The van der Waals surface area contributed by atoms with Crippen LogP contribution in [0.15, 0.2) is 17.0 Å². The summed E-state index contributed by atoms with van der Waals surface area (Å²) < 4.78 is 69.7. The zero-order valence-corrected chi connectivity index (χ0v) is 13.1. The number of alkyl halides is 3. The van der Waals surface area contributed by atoms with E-state index in [1.807, 2.05) is 0 Å². The molecule has 0 amide bonds. The summed E-state index contributed by atoms with van der Waals surface area (Å²) in [4.78, 5) is 11.0. The highest BCUT2D eigenvalue weighted by Crippen LogP contribution is 2.37. The van der Waals surface area contributed by atoms with Gasteiger partial charge in [-0.25, -0.2) is 13.2 Å². The van der Waals surface area contributed by atoms with Gasteiger partial charge in [-0.05, 0) is 12.1 Å². The average Bonchev–Trinajstić information content (AvgIpc) is 2.43. The quantitative estimate of drug-likeness (QED) is 0.755. The van der Waals surface area contributed by atoms with Crippen LogP contribution in [0.1, 0.15) is 17.3 Å². The third-order valence-electron chi connectivity index (χ3n) is 2.56. The Morgan fingerprint density at radius 1 is 1.32 bits per heavy atom. The Labute approximate surface area is 129 Å². The standard InChI is InChI=1S/C12H12ClF3O5S/c1-3-22(18,19)8-5-4-7(11(17)20-2)9(13)10(8)21-6-12(14,15)16/h4-5H,3,6H2,1-2H3. The van der Waals surface area contributed by atoms with E-state index in [2.05, 4.69) is 9.47 Å². The number of ether oxygens (including phenoxy) is 2. The summed E-state index contributed by atoms with van der Waals surface area (Å²) in [5, 5.41) is -0.550. The van der Waals surface area contributed by atoms with Gasteiger partial charge < -0.3 is 9.47 Å². The van der Waals surface area contributed by atoms with Gasteiger partial charge >= 0.3 is 12.1 Å². The minimum absolute atomic E-state index is 0.295. The molecule has 1 aromatic rings. The number of hydrogen-bond acceptors (Lipinski definition) is 5. The summed E-state index contributed by atoms with van der Waals surface area (Å²) in [5.74, 6) is -2.02. The van der Waals surface area contributed by atoms with Crippen molar-refractivity contribution in [2.45, 2.75) is 18.0 Å². The molecule has 0 unspecified atom stereocenters. The third-order valence-corrected chi connectivity index (χ3v) is 4.69. The van der Waals surface area contributed by atoms with E-state index >= 15 is 0 Å². The summed E-state index contributed by atoms with van der Waals surface area (Å²) in [6.45, 7) is -0.436. The number of hydrogen-bond donors (Lipinski definition) is 0. The summed E-state index contributed by atoms with van der Waals surface area (Å²) in [6.07, 6.45) is -4.70. The van der Waals surface area contributed by atoms with Crippen molar-refractivity contribution in [2.75, 3.05) is 19.5 Å². The molecule has 0 aromatic heterocycles. The molecule has 0 aliphatic rings. The Morgan fingerprint density at radius 3 is 2.36 bits per heavy atom. The van der Waals surface area contributed by atoms with E-state index < -0.39 is 44.3 Å². The molecule has 124 valence electrons. The fourth-order valence-electron chi connectivity index (χ4n) is 1.49. The van der Waals surface area contributed by atoms with Crippen molar-refractivity contribution in [1.29, 1.82) is 0 Å². The fraction of sp³-hybridized carbons (Fsp3) is 0.417. The lowest BCUT2D eigenvalue weighted by atomic mass is 10.2. The average molecular weight is 361 g/mol. The van der Waals surface area contributed by atoms with Crippen LogP contribution in [-0.4, -0.2) is 40.0 Å². The molecule has 0 heterocycles. The van der Waals surface area contributed by atoms with E-state index in [4.69, 9.17) is 11.6 Å². The normalized spacial score (nSPS) is 12.1. The highest BCUT2D eigenvalue weighted by Gasteiger charge is 2.32.